The Balaban J connectivity index is -0.000000297. The molecule has 0 aliphatic heterocycles. The van der Waals surface area contributed by atoms with Gasteiger partial charge in [-0.05, 0) is 51.0 Å². The predicted molar refractivity (Wildman–Crippen MR) is 77.8 cm³/mol. The summed E-state index contributed by atoms with van der Waals surface area (Å²) in [6.07, 6.45) is 2.97. The van der Waals surface area contributed by atoms with Gasteiger partial charge in [0.1, 0.15) is 11.5 Å². The topological polar surface area (TPSA) is 115 Å². The van der Waals surface area contributed by atoms with Gasteiger partial charge in [0.25, 0.3) is 11.9 Å². The summed E-state index contributed by atoms with van der Waals surface area (Å²) < 4.78 is 0. The maximum atomic E-state index is 9.22. The maximum absolute atomic E-state index is 9.22. The summed E-state index contributed by atoms with van der Waals surface area (Å²) in [5.74, 6) is -1.27. The number of aliphatic hydroxyl groups excluding tert-OH is 2. The molecule has 0 heterocycles. The second-order valence-electron chi connectivity index (χ2n) is 4.14. The van der Waals surface area contributed by atoms with Crippen molar-refractivity contribution in [3.8, 4) is 0 Å². The fourth-order valence-corrected chi connectivity index (χ4v) is 0.491. The van der Waals surface area contributed by atoms with Crippen molar-refractivity contribution in [1.29, 1.82) is 0 Å². The lowest BCUT2D eigenvalue weighted by molar-refractivity contribution is -0.135. The molecule has 0 rings (SSSR count). The SMILES string of the molecule is CC(=O)O.CC(=O)O.CC(C)=C(O)C=CC(O)=C(C)C. The minimum Gasteiger partial charge on any atom is -0.508 e. The number of hydrogen-bond acceptors (Lipinski definition) is 4. The highest BCUT2D eigenvalue weighted by molar-refractivity contribution is 5.63. The van der Waals surface area contributed by atoms with Crippen molar-refractivity contribution in [3.63, 3.8) is 0 Å². The fourth-order valence-electron chi connectivity index (χ4n) is 0.491. The van der Waals surface area contributed by atoms with Gasteiger partial charge in [0.2, 0.25) is 0 Å². The van der Waals surface area contributed by atoms with E-state index in [1.54, 1.807) is 27.7 Å². The Morgan fingerprint density at radius 1 is 0.600 bits per heavy atom. The molecule has 116 valence electrons. The first-order valence-electron chi connectivity index (χ1n) is 5.71. The van der Waals surface area contributed by atoms with Gasteiger partial charge in [0.15, 0.2) is 0 Å². The van der Waals surface area contributed by atoms with Crippen LogP contribution in [0.4, 0.5) is 0 Å². The third-order valence-electron chi connectivity index (χ3n) is 1.42. The van der Waals surface area contributed by atoms with E-state index < -0.39 is 11.9 Å². The molecule has 0 unspecified atom stereocenters. The molecular weight excluding hydrogens is 264 g/mol. The maximum Gasteiger partial charge on any atom is 0.300 e. The molecule has 0 amide bonds. The number of carbonyl (C=O) groups is 2. The zero-order valence-electron chi connectivity index (χ0n) is 12.8. The summed E-state index contributed by atoms with van der Waals surface area (Å²) >= 11 is 0. The molecule has 20 heavy (non-hydrogen) atoms. The Kier molecular flexibility index (Phi) is 15.1. The summed E-state index contributed by atoms with van der Waals surface area (Å²) in [4.78, 5) is 18.0. The normalized spacial score (nSPS) is 8.50. The van der Waals surface area contributed by atoms with Crippen molar-refractivity contribution in [1.82, 2.24) is 0 Å². The van der Waals surface area contributed by atoms with Crippen molar-refractivity contribution in [2.24, 2.45) is 0 Å². The Labute approximate surface area is 119 Å². The first kappa shape index (κ1) is 22.9. The van der Waals surface area contributed by atoms with E-state index in [1.165, 1.54) is 12.2 Å². The highest BCUT2D eigenvalue weighted by Gasteiger charge is 1.91. The second kappa shape index (κ2) is 13.2. The van der Waals surface area contributed by atoms with Gasteiger partial charge in [0, 0.05) is 13.8 Å². The van der Waals surface area contributed by atoms with Crippen LogP contribution in [0, 0.1) is 0 Å². The van der Waals surface area contributed by atoms with Crippen LogP contribution in [0.25, 0.3) is 0 Å². The number of hydrogen-bond donors (Lipinski definition) is 4. The van der Waals surface area contributed by atoms with E-state index in [-0.39, 0.29) is 11.5 Å². The molecule has 0 bridgehead atoms. The van der Waals surface area contributed by atoms with E-state index in [9.17, 15) is 10.2 Å². The summed E-state index contributed by atoms with van der Waals surface area (Å²) in [5.41, 5.74) is 1.65. The summed E-state index contributed by atoms with van der Waals surface area (Å²) in [5, 5.41) is 33.3. The van der Waals surface area contributed by atoms with Crippen LogP contribution in [0.15, 0.2) is 34.8 Å². The second-order valence-corrected chi connectivity index (χ2v) is 4.14. The largest absolute Gasteiger partial charge is 0.508 e. The van der Waals surface area contributed by atoms with Gasteiger partial charge in [-0.25, -0.2) is 0 Å². The monoisotopic (exact) mass is 288 g/mol. The lowest BCUT2D eigenvalue weighted by Gasteiger charge is -1.96. The number of rotatable bonds is 2. The minimum atomic E-state index is -0.833. The van der Waals surface area contributed by atoms with Crippen LogP contribution in [0.5, 0.6) is 0 Å². The molecule has 0 aromatic carbocycles. The number of allylic oxidation sites excluding steroid dienone is 4. The van der Waals surface area contributed by atoms with Crippen molar-refractivity contribution in [3.05, 3.63) is 34.8 Å². The van der Waals surface area contributed by atoms with E-state index in [0.717, 1.165) is 25.0 Å². The number of carboxylic acid groups (broad SMARTS) is 2. The first-order chi connectivity index (χ1) is 8.91. The molecular formula is C14H24O6. The van der Waals surface area contributed by atoms with Gasteiger partial charge >= 0.3 is 0 Å². The Hall–Kier alpha value is -2.24. The van der Waals surface area contributed by atoms with Crippen LogP contribution in [0.2, 0.25) is 0 Å². The van der Waals surface area contributed by atoms with Gasteiger partial charge < -0.3 is 20.4 Å². The zero-order chi connectivity index (χ0) is 16.9. The van der Waals surface area contributed by atoms with Crippen molar-refractivity contribution in [2.45, 2.75) is 41.5 Å². The lowest BCUT2D eigenvalue weighted by Crippen LogP contribution is -1.82. The quantitative estimate of drug-likeness (QED) is 0.457. The standard InChI is InChI=1S/C10H16O2.2C2H4O2/c1-7(2)9(11)5-6-10(12)8(3)4;2*1-2(3)4/h5-6,11-12H,1-4H3;2*1H3,(H,3,4). The Morgan fingerprint density at radius 3 is 0.850 bits per heavy atom. The molecule has 0 spiro atoms. The molecule has 0 aliphatic carbocycles. The van der Waals surface area contributed by atoms with Gasteiger partial charge in [0.05, 0.1) is 0 Å². The summed E-state index contributed by atoms with van der Waals surface area (Å²) in [6.45, 7) is 9.39. The third-order valence-corrected chi connectivity index (χ3v) is 1.42. The van der Waals surface area contributed by atoms with E-state index in [0.29, 0.717) is 0 Å². The van der Waals surface area contributed by atoms with E-state index in [2.05, 4.69) is 0 Å². The summed E-state index contributed by atoms with van der Waals surface area (Å²) in [6, 6.07) is 0. The van der Waals surface area contributed by atoms with Crippen molar-refractivity contribution in [2.75, 3.05) is 0 Å². The van der Waals surface area contributed by atoms with Crippen LogP contribution >= 0.6 is 0 Å². The number of aliphatic carboxylic acids is 2. The average Bonchev–Trinajstić information content (AvgIpc) is 2.23. The Bertz CT molecular complexity index is 348. The van der Waals surface area contributed by atoms with Gasteiger partial charge in [-0.15, -0.1) is 0 Å². The predicted octanol–water partition coefficient (Wildman–Crippen LogP) is 3.43. The first-order valence-corrected chi connectivity index (χ1v) is 5.71. The van der Waals surface area contributed by atoms with Crippen molar-refractivity contribution < 1.29 is 30.0 Å². The molecule has 0 saturated heterocycles. The van der Waals surface area contributed by atoms with Crippen LogP contribution < -0.4 is 0 Å². The molecule has 0 atom stereocenters. The smallest absolute Gasteiger partial charge is 0.300 e. The van der Waals surface area contributed by atoms with Crippen LogP contribution in [0.1, 0.15) is 41.5 Å². The average molecular weight is 288 g/mol. The highest BCUT2D eigenvalue weighted by Crippen LogP contribution is 2.05. The van der Waals surface area contributed by atoms with E-state index >= 15 is 0 Å². The van der Waals surface area contributed by atoms with Gasteiger partial charge in [-0.3, -0.25) is 9.59 Å². The molecule has 0 aliphatic rings. The van der Waals surface area contributed by atoms with Crippen molar-refractivity contribution >= 4 is 11.9 Å². The molecule has 0 radical (unpaired) electrons. The van der Waals surface area contributed by atoms with Gasteiger partial charge in [-0.2, -0.15) is 0 Å². The van der Waals surface area contributed by atoms with Crippen LogP contribution in [0.3, 0.4) is 0 Å². The number of aliphatic hydroxyl groups is 2. The molecule has 0 aromatic rings. The van der Waals surface area contributed by atoms with Crippen LogP contribution in [-0.4, -0.2) is 32.4 Å². The van der Waals surface area contributed by atoms with E-state index in [4.69, 9.17) is 19.8 Å². The third kappa shape index (κ3) is 29.7. The molecule has 4 N–H and O–H groups in total. The zero-order valence-corrected chi connectivity index (χ0v) is 12.8. The highest BCUT2D eigenvalue weighted by atomic mass is 16.4. The molecule has 6 nitrogen and oxygen atoms in total. The van der Waals surface area contributed by atoms with Gasteiger partial charge in [-0.1, -0.05) is 0 Å². The fraction of sp³-hybridized carbons (Fsp3) is 0.429. The molecule has 0 aromatic heterocycles. The lowest BCUT2D eigenvalue weighted by atomic mass is 10.2. The molecule has 0 fully saturated rings. The number of carboxylic acids is 2. The van der Waals surface area contributed by atoms with Crippen LogP contribution in [-0.2, 0) is 9.59 Å². The Morgan fingerprint density at radius 2 is 0.750 bits per heavy atom. The summed E-state index contributed by atoms with van der Waals surface area (Å²) in [7, 11) is 0. The van der Waals surface area contributed by atoms with E-state index in [1.807, 2.05) is 0 Å². The molecule has 0 saturated carbocycles. The minimum absolute atomic E-state index is 0.197. The molecule has 6 heteroatoms.